The molecule has 0 radical (unpaired) electrons. The molecule has 0 saturated carbocycles. The largest absolute Gasteiger partial charge is 0.358 e. The zero-order valence-corrected chi connectivity index (χ0v) is 15.5. The van der Waals surface area contributed by atoms with Crippen LogP contribution in [-0.2, 0) is 35.8 Å². The second-order valence-corrected chi connectivity index (χ2v) is 9.29. The Bertz CT molecular complexity index is 1100. The lowest BCUT2D eigenvalue weighted by atomic mass is 9.96. The summed E-state index contributed by atoms with van der Waals surface area (Å²) in [6.07, 6.45) is 5.26. The van der Waals surface area contributed by atoms with Crippen molar-refractivity contribution in [3.63, 3.8) is 0 Å². The van der Waals surface area contributed by atoms with E-state index < -0.39 is 10.0 Å². The van der Waals surface area contributed by atoms with Crippen LogP contribution in [0.3, 0.4) is 0 Å². The second kappa shape index (κ2) is 5.96. The van der Waals surface area contributed by atoms with Crippen molar-refractivity contribution in [2.24, 2.45) is 0 Å². The summed E-state index contributed by atoms with van der Waals surface area (Å²) in [6, 6.07) is 13.7. The molecule has 0 bridgehead atoms. The predicted molar refractivity (Wildman–Crippen MR) is 103 cm³/mol. The van der Waals surface area contributed by atoms with Crippen molar-refractivity contribution in [2.75, 3.05) is 6.54 Å². The van der Waals surface area contributed by atoms with Crippen LogP contribution in [0.1, 0.15) is 35.2 Å². The second-order valence-electron chi connectivity index (χ2n) is 7.35. The summed E-state index contributed by atoms with van der Waals surface area (Å²) in [7, 11) is -3.48. The van der Waals surface area contributed by atoms with Crippen molar-refractivity contribution in [1.82, 2.24) is 9.29 Å². The van der Waals surface area contributed by atoms with Gasteiger partial charge < -0.3 is 4.98 Å². The van der Waals surface area contributed by atoms with Crippen LogP contribution in [0.15, 0.2) is 47.4 Å². The van der Waals surface area contributed by atoms with Crippen LogP contribution in [0.4, 0.5) is 0 Å². The zero-order valence-electron chi connectivity index (χ0n) is 14.7. The minimum Gasteiger partial charge on any atom is -0.358 e. The molecule has 1 aliphatic heterocycles. The molecule has 134 valence electrons. The molecule has 0 spiro atoms. The summed E-state index contributed by atoms with van der Waals surface area (Å²) < 4.78 is 28.1. The van der Waals surface area contributed by atoms with Gasteiger partial charge in [0.1, 0.15) is 0 Å². The van der Waals surface area contributed by atoms with E-state index in [9.17, 15) is 8.42 Å². The molecule has 0 amide bonds. The molecule has 26 heavy (non-hydrogen) atoms. The van der Waals surface area contributed by atoms with Crippen molar-refractivity contribution in [1.29, 1.82) is 0 Å². The Morgan fingerprint density at radius 2 is 1.73 bits per heavy atom. The van der Waals surface area contributed by atoms with Crippen molar-refractivity contribution < 1.29 is 8.42 Å². The Kier molecular flexibility index (Phi) is 3.69. The van der Waals surface area contributed by atoms with Gasteiger partial charge in [-0.15, -0.1) is 0 Å². The summed E-state index contributed by atoms with van der Waals surface area (Å²) in [5.74, 6) is 0. The van der Waals surface area contributed by atoms with Gasteiger partial charge in [-0.3, -0.25) is 0 Å². The van der Waals surface area contributed by atoms with E-state index in [4.69, 9.17) is 0 Å². The fraction of sp³-hybridized carbons (Fsp3) is 0.333. The molecule has 1 aromatic heterocycles. The van der Waals surface area contributed by atoms with Gasteiger partial charge in [0.05, 0.1) is 4.90 Å². The van der Waals surface area contributed by atoms with E-state index in [-0.39, 0.29) is 0 Å². The normalized spacial score (nSPS) is 17.8. The van der Waals surface area contributed by atoms with Gasteiger partial charge in [-0.2, -0.15) is 4.31 Å². The smallest absolute Gasteiger partial charge is 0.243 e. The lowest BCUT2D eigenvalue weighted by Gasteiger charge is -2.28. The Morgan fingerprint density at radius 1 is 0.923 bits per heavy atom. The number of aryl methyl sites for hydroxylation is 2. The number of fused-ring (bicyclic) bond motifs is 4. The number of aromatic amines is 1. The van der Waals surface area contributed by atoms with Crippen LogP contribution >= 0.6 is 0 Å². The topological polar surface area (TPSA) is 53.2 Å². The fourth-order valence-electron chi connectivity index (χ4n) is 4.37. The van der Waals surface area contributed by atoms with Gasteiger partial charge in [0, 0.05) is 29.7 Å². The molecule has 3 aromatic rings. The molecule has 0 unspecified atom stereocenters. The summed E-state index contributed by atoms with van der Waals surface area (Å²) in [4.78, 5) is 3.89. The average molecular weight is 366 g/mol. The molecule has 2 aliphatic rings. The van der Waals surface area contributed by atoms with E-state index >= 15 is 0 Å². The van der Waals surface area contributed by atoms with Gasteiger partial charge in [0.25, 0.3) is 0 Å². The van der Waals surface area contributed by atoms with Crippen LogP contribution in [0, 0.1) is 0 Å². The van der Waals surface area contributed by atoms with E-state index in [2.05, 4.69) is 11.1 Å². The number of rotatable bonds is 2. The number of aromatic nitrogens is 1. The first-order valence-electron chi connectivity index (χ1n) is 9.33. The number of nitrogens with one attached hydrogen (secondary N) is 1. The molecule has 2 heterocycles. The maximum atomic E-state index is 13.2. The van der Waals surface area contributed by atoms with Gasteiger partial charge in [-0.05, 0) is 67.0 Å². The zero-order chi connectivity index (χ0) is 17.7. The van der Waals surface area contributed by atoms with Crippen LogP contribution < -0.4 is 0 Å². The van der Waals surface area contributed by atoms with Crippen molar-refractivity contribution in [3.8, 4) is 0 Å². The molecule has 4 nitrogen and oxygen atoms in total. The molecule has 1 N–H and O–H groups in total. The molecule has 2 aromatic carbocycles. The predicted octanol–water partition coefficient (Wildman–Crippen LogP) is 3.79. The number of hydrogen-bond acceptors (Lipinski definition) is 2. The van der Waals surface area contributed by atoms with Crippen molar-refractivity contribution >= 4 is 20.9 Å². The third-order valence-corrected chi connectivity index (χ3v) is 7.64. The first-order chi connectivity index (χ1) is 12.6. The van der Waals surface area contributed by atoms with E-state index in [0.29, 0.717) is 18.0 Å². The SMILES string of the molecule is O=S(=O)(c1ccc2[nH]c3c(c2c1)CCCC3)N1CCc2ccccc2C1. The molecule has 1 aliphatic carbocycles. The number of sulfonamides is 1. The molecule has 0 atom stereocenters. The third-order valence-electron chi connectivity index (χ3n) is 5.80. The van der Waals surface area contributed by atoms with E-state index in [1.54, 1.807) is 10.4 Å². The average Bonchev–Trinajstić information content (AvgIpc) is 3.05. The first kappa shape index (κ1) is 16.1. The van der Waals surface area contributed by atoms with E-state index in [1.807, 2.05) is 30.3 Å². The fourth-order valence-corrected chi connectivity index (χ4v) is 5.82. The van der Waals surface area contributed by atoms with Gasteiger partial charge in [0.15, 0.2) is 0 Å². The third kappa shape index (κ3) is 2.49. The lowest BCUT2D eigenvalue weighted by Crippen LogP contribution is -2.35. The summed E-state index contributed by atoms with van der Waals surface area (Å²) >= 11 is 0. The Hall–Kier alpha value is -2.11. The van der Waals surface area contributed by atoms with E-state index in [1.165, 1.54) is 29.7 Å². The van der Waals surface area contributed by atoms with Crippen LogP contribution in [0.5, 0.6) is 0 Å². The van der Waals surface area contributed by atoms with Gasteiger partial charge in [-0.1, -0.05) is 24.3 Å². The highest BCUT2D eigenvalue weighted by Gasteiger charge is 2.29. The maximum Gasteiger partial charge on any atom is 0.243 e. The van der Waals surface area contributed by atoms with Crippen LogP contribution in [0.2, 0.25) is 0 Å². The molecule has 5 rings (SSSR count). The minimum atomic E-state index is -3.48. The molecule has 5 heteroatoms. The number of nitrogens with zero attached hydrogens (tertiary/aromatic N) is 1. The molecule has 0 saturated heterocycles. The van der Waals surface area contributed by atoms with Gasteiger partial charge >= 0.3 is 0 Å². The standard InChI is InChI=1S/C21H22N2O2S/c24-26(25,23-12-11-15-5-1-2-6-16(15)14-23)17-9-10-21-19(13-17)18-7-3-4-8-20(18)22-21/h1-2,5-6,9-10,13,22H,3-4,7-8,11-12,14H2. The van der Waals surface area contributed by atoms with Crippen molar-refractivity contribution in [3.05, 3.63) is 64.8 Å². The first-order valence-corrected chi connectivity index (χ1v) is 10.8. The molecule has 0 fully saturated rings. The highest BCUT2D eigenvalue weighted by atomic mass is 32.2. The summed E-state index contributed by atoms with van der Waals surface area (Å²) in [5.41, 5.74) is 6.02. The highest BCUT2D eigenvalue weighted by molar-refractivity contribution is 7.89. The molecular weight excluding hydrogens is 344 g/mol. The number of benzene rings is 2. The van der Waals surface area contributed by atoms with Crippen molar-refractivity contribution in [2.45, 2.75) is 43.5 Å². The Morgan fingerprint density at radius 3 is 2.62 bits per heavy atom. The van der Waals surface area contributed by atoms with Gasteiger partial charge in [0.2, 0.25) is 10.0 Å². The minimum absolute atomic E-state index is 0.414. The number of H-pyrrole nitrogens is 1. The Labute approximate surface area is 153 Å². The van der Waals surface area contributed by atoms with Crippen LogP contribution in [-0.4, -0.2) is 24.3 Å². The maximum absolute atomic E-state index is 13.2. The number of hydrogen-bond donors (Lipinski definition) is 1. The Balaban J connectivity index is 1.54. The quantitative estimate of drug-likeness (QED) is 0.750. The molecular formula is C21H22N2O2S. The van der Waals surface area contributed by atoms with Crippen LogP contribution in [0.25, 0.3) is 10.9 Å². The van der Waals surface area contributed by atoms with E-state index in [0.717, 1.165) is 35.7 Å². The monoisotopic (exact) mass is 366 g/mol. The van der Waals surface area contributed by atoms with Gasteiger partial charge in [-0.25, -0.2) is 8.42 Å². The highest BCUT2D eigenvalue weighted by Crippen LogP contribution is 2.32. The lowest BCUT2D eigenvalue weighted by molar-refractivity contribution is 0.391. The summed E-state index contributed by atoms with van der Waals surface area (Å²) in [5, 5.41) is 1.08. The summed E-state index contributed by atoms with van der Waals surface area (Å²) in [6.45, 7) is 1.00.